The van der Waals surface area contributed by atoms with Crippen molar-refractivity contribution in [1.29, 1.82) is 0 Å². The molecule has 0 amide bonds. The van der Waals surface area contributed by atoms with E-state index in [-0.39, 0.29) is 5.82 Å². The minimum Gasteiger partial charge on any atom is -0.330 e. The number of halogens is 1. The van der Waals surface area contributed by atoms with Gasteiger partial charge in [-0.1, -0.05) is 67.6 Å². The molecule has 0 spiro atoms. The largest absolute Gasteiger partial charge is 0.330 e. The van der Waals surface area contributed by atoms with Crippen molar-refractivity contribution in [2.45, 2.75) is 44.9 Å². The zero-order chi connectivity index (χ0) is 20.2. The van der Waals surface area contributed by atoms with Gasteiger partial charge in [-0.3, -0.25) is 0 Å². The summed E-state index contributed by atoms with van der Waals surface area (Å²) in [5, 5.41) is 0. The Bertz CT molecular complexity index is 935. The molecule has 1 aliphatic carbocycles. The van der Waals surface area contributed by atoms with E-state index in [1.807, 2.05) is 12.1 Å². The van der Waals surface area contributed by atoms with Crippen molar-refractivity contribution in [3.63, 3.8) is 0 Å². The molecule has 1 aliphatic rings. The second-order valence-electron chi connectivity index (χ2n) is 8.32. The molecular formula is C27H30FN. The Morgan fingerprint density at radius 3 is 2.00 bits per heavy atom. The quantitative estimate of drug-likeness (QED) is 0.503. The normalized spacial score (nSPS) is 19.3. The molecule has 0 aromatic heterocycles. The summed E-state index contributed by atoms with van der Waals surface area (Å²) in [5.74, 6) is 1.14. The highest BCUT2D eigenvalue weighted by Gasteiger charge is 2.21. The van der Waals surface area contributed by atoms with E-state index in [0.29, 0.717) is 17.4 Å². The number of hydrogen-bond donors (Lipinski definition) is 1. The molecule has 0 atom stereocenters. The van der Waals surface area contributed by atoms with E-state index in [2.05, 4.69) is 55.5 Å². The van der Waals surface area contributed by atoms with Gasteiger partial charge in [-0.2, -0.15) is 0 Å². The van der Waals surface area contributed by atoms with Gasteiger partial charge in [0.05, 0.1) is 0 Å². The van der Waals surface area contributed by atoms with Gasteiger partial charge in [0.25, 0.3) is 0 Å². The first-order valence-electron chi connectivity index (χ1n) is 10.9. The molecule has 0 unspecified atom stereocenters. The fourth-order valence-electron chi connectivity index (χ4n) is 4.53. The maximum atomic E-state index is 14.9. The lowest BCUT2D eigenvalue weighted by Crippen LogP contribution is -2.20. The summed E-state index contributed by atoms with van der Waals surface area (Å²) >= 11 is 0. The molecule has 1 fully saturated rings. The number of hydrogen-bond acceptors (Lipinski definition) is 1. The van der Waals surface area contributed by atoms with Crippen LogP contribution in [0.25, 0.3) is 22.3 Å². The number of benzene rings is 3. The smallest absolute Gasteiger partial charge is 0.131 e. The van der Waals surface area contributed by atoms with E-state index < -0.39 is 0 Å². The molecule has 3 aromatic carbocycles. The van der Waals surface area contributed by atoms with Gasteiger partial charge >= 0.3 is 0 Å². The van der Waals surface area contributed by atoms with Crippen LogP contribution in [-0.4, -0.2) is 6.54 Å². The highest BCUT2D eigenvalue weighted by atomic mass is 19.1. The Morgan fingerprint density at radius 2 is 1.41 bits per heavy atom. The maximum absolute atomic E-state index is 14.9. The van der Waals surface area contributed by atoms with E-state index in [4.69, 9.17) is 5.73 Å². The zero-order valence-electron chi connectivity index (χ0n) is 17.2. The SMILES string of the molecule is CCc1ccc(-c2ccc(-c3ccc(C4CCC(CN)CC4)cc3)c(F)c2)cc1. The molecular weight excluding hydrogens is 357 g/mol. The molecule has 1 nitrogen and oxygen atoms in total. The first-order valence-corrected chi connectivity index (χ1v) is 10.9. The van der Waals surface area contributed by atoms with Crippen molar-refractivity contribution < 1.29 is 4.39 Å². The monoisotopic (exact) mass is 387 g/mol. The molecule has 0 radical (unpaired) electrons. The summed E-state index contributed by atoms with van der Waals surface area (Å²) < 4.78 is 14.9. The Balaban J connectivity index is 1.51. The first-order chi connectivity index (χ1) is 14.2. The van der Waals surface area contributed by atoms with E-state index in [0.717, 1.165) is 29.7 Å². The molecule has 0 heterocycles. The van der Waals surface area contributed by atoms with Gasteiger partial charge in [0.2, 0.25) is 0 Å². The zero-order valence-corrected chi connectivity index (χ0v) is 17.2. The van der Waals surface area contributed by atoms with Crippen LogP contribution in [0.15, 0.2) is 66.7 Å². The Kier molecular flexibility index (Phi) is 6.10. The van der Waals surface area contributed by atoms with Gasteiger partial charge < -0.3 is 5.73 Å². The van der Waals surface area contributed by atoms with Crippen molar-refractivity contribution >= 4 is 0 Å². The molecule has 2 heteroatoms. The Morgan fingerprint density at radius 1 is 0.793 bits per heavy atom. The predicted molar refractivity (Wildman–Crippen MR) is 120 cm³/mol. The van der Waals surface area contributed by atoms with Crippen LogP contribution in [0.4, 0.5) is 4.39 Å². The highest BCUT2D eigenvalue weighted by molar-refractivity contribution is 5.71. The average Bonchev–Trinajstić information content (AvgIpc) is 2.79. The lowest BCUT2D eigenvalue weighted by Gasteiger charge is -2.28. The molecule has 1 saturated carbocycles. The fourth-order valence-corrected chi connectivity index (χ4v) is 4.53. The summed E-state index contributed by atoms with van der Waals surface area (Å²) in [6.07, 6.45) is 5.87. The van der Waals surface area contributed by atoms with Crippen molar-refractivity contribution in [2.24, 2.45) is 11.7 Å². The van der Waals surface area contributed by atoms with Crippen LogP contribution in [-0.2, 0) is 6.42 Å². The topological polar surface area (TPSA) is 26.0 Å². The first kappa shape index (κ1) is 19.8. The third-order valence-corrected chi connectivity index (χ3v) is 6.54. The molecule has 0 saturated heterocycles. The summed E-state index contributed by atoms with van der Waals surface area (Å²) in [7, 11) is 0. The van der Waals surface area contributed by atoms with Crippen LogP contribution in [0.5, 0.6) is 0 Å². The summed E-state index contributed by atoms with van der Waals surface area (Å²) in [6.45, 7) is 2.95. The highest BCUT2D eigenvalue weighted by Crippen LogP contribution is 2.36. The standard InChI is InChI=1S/C27H30FN/c1-2-19-3-7-23(8-4-19)25-15-16-26(27(28)17-25)24-13-11-22(12-14-24)21-9-5-20(18-29)6-10-21/h3-4,7-8,11-17,20-21H,2,5-6,9-10,18,29H2,1H3. The third kappa shape index (κ3) is 4.43. The van der Waals surface area contributed by atoms with Gasteiger partial charge in [0, 0.05) is 5.56 Å². The van der Waals surface area contributed by atoms with Crippen LogP contribution in [0.2, 0.25) is 0 Å². The van der Waals surface area contributed by atoms with E-state index in [9.17, 15) is 4.39 Å². The Hall–Kier alpha value is -2.45. The average molecular weight is 388 g/mol. The third-order valence-electron chi connectivity index (χ3n) is 6.54. The van der Waals surface area contributed by atoms with Crippen LogP contribution in [0.1, 0.15) is 49.7 Å². The molecule has 4 rings (SSSR count). The predicted octanol–water partition coefficient (Wildman–Crippen LogP) is 6.95. The van der Waals surface area contributed by atoms with Crippen LogP contribution < -0.4 is 5.73 Å². The van der Waals surface area contributed by atoms with Gasteiger partial charge in [-0.25, -0.2) is 4.39 Å². The van der Waals surface area contributed by atoms with E-state index in [1.165, 1.54) is 36.8 Å². The van der Waals surface area contributed by atoms with Crippen molar-refractivity contribution in [3.05, 3.63) is 83.7 Å². The minimum absolute atomic E-state index is 0.168. The summed E-state index contributed by atoms with van der Waals surface area (Å²) in [5.41, 5.74) is 12.1. The number of nitrogens with two attached hydrogens (primary N) is 1. The van der Waals surface area contributed by atoms with E-state index in [1.54, 1.807) is 6.07 Å². The fraction of sp³-hybridized carbons (Fsp3) is 0.333. The van der Waals surface area contributed by atoms with Gasteiger partial charge in [-0.05, 0) is 84.4 Å². The number of aryl methyl sites for hydroxylation is 1. The van der Waals surface area contributed by atoms with Crippen LogP contribution >= 0.6 is 0 Å². The van der Waals surface area contributed by atoms with Crippen molar-refractivity contribution in [2.75, 3.05) is 6.54 Å². The van der Waals surface area contributed by atoms with Gasteiger partial charge in [-0.15, -0.1) is 0 Å². The lowest BCUT2D eigenvalue weighted by molar-refractivity contribution is 0.333. The molecule has 0 bridgehead atoms. The Labute approximate surface area is 173 Å². The van der Waals surface area contributed by atoms with E-state index >= 15 is 0 Å². The molecule has 0 aliphatic heterocycles. The summed E-state index contributed by atoms with van der Waals surface area (Å²) in [4.78, 5) is 0. The lowest BCUT2D eigenvalue weighted by atomic mass is 9.78. The van der Waals surface area contributed by atoms with Crippen molar-refractivity contribution in [3.8, 4) is 22.3 Å². The minimum atomic E-state index is -0.168. The summed E-state index contributed by atoms with van der Waals surface area (Å²) in [6, 6.07) is 22.4. The van der Waals surface area contributed by atoms with Gasteiger partial charge in [0.15, 0.2) is 0 Å². The second kappa shape index (κ2) is 8.92. The maximum Gasteiger partial charge on any atom is 0.131 e. The van der Waals surface area contributed by atoms with Crippen LogP contribution in [0, 0.1) is 11.7 Å². The van der Waals surface area contributed by atoms with Crippen molar-refractivity contribution in [1.82, 2.24) is 0 Å². The molecule has 2 N–H and O–H groups in total. The molecule has 150 valence electrons. The molecule has 3 aromatic rings. The molecule has 29 heavy (non-hydrogen) atoms. The second-order valence-corrected chi connectivity index (χ2v) is 8.32. The van der Waals surface area contributed by atoms with Crippen LogP contribution in [0.3, 0.4) is 0 Å². The van der Waals surface area contributed by atoms with Gasteiger partial charge in [0.1, 0.15) is 5.82 Å². The number of rotatable bonds is 5.